The molecule has 160 valence electrons. The van der Waals surface area contributed by atoms with Crippen molar-refractivity contribution in [1.82, 2.24) is 0 Å². The SMILES string of the molecule is CC(C)Oc1ccc(C2OC34CCCCCCC3C(C#N)(C(=N)O4)C2(C#N)C#N)cc1. The number of rotatable bonds is 3. The van der Waals surface area contributed by atoms with Crippen LogP contribution < -0.4 is 4.74 Å². The second kappa shape index (κ2) is 7.56. The Labute approximate surface area is 182 Å². The summed E-state index contributed by atoms with van der Waals surface area (Å²) in [5.41, 5.74) is -2.98. The molecule has 1 N–H and O–H groups in total. The average molecular weight is 418 g/mol. The molecule has 7 nitrogen and oxygen atoms in total. The van der Waals surface area contributed by atoms with Crippen molar-refractivity contribution in [2.45, 2.75) is 70.4 Å². The van der Waals surface area contributed by atoms with Crippen molar-refractivity contribution >= 4 is 5.90 Å². The summed E-state index contributed by atoms with van der Waals surface area (Å²) >= 11 is 0. The number of hydrogen-bond donors (Lipinski definition) is 1. The van der Waals surface area contributed by atoms with E-state index < -0.39 is 28.6 Å². The number of benzene rings is 1. The molecule has 0 aromatic heterocycles. The summed E-state index contributed by atoms with van der Waals surface area (Å²) in [7, 11) is 0. The Hall–Kier alpha value is -3.08. The summed E-state index contributed by atoms with van der Waals surface area (Å²) in [6, 6.07) is 13.5. The minimum Gasteiger partial charge on any atom is -0.491 e. The molecule has 3 aliphatic rings. The average Bonchev–Trinajstić information content (AvgIpc) is 2.91. The highest BCUT2D eigenvalue weighted by Gasteiger charge is 2.79. The predicted octanol–water partition coefficient (Wildman–Crippen LogP) is 4.76. The van der Waals surface area contributed by atoms with Gasteiger partial charge in [-0.25, -0.2) is 0 Å². The summed E-state index contributed by atoms with van der Waals surface area (Å²) in [5, 5.41) is 39.7. The van der Waals surface area contributed by atoms with Crippen LogP contribution >= 0.6 is 0 Å². The number of nitrogens with zero attached hydrogens (tertiary/aromatic N) is 3. The summed E-state index contributed by atoms with van der Waals surface area (Å²) in [6.45, 7) is 3.86. The molecule has 0 amide bonds. The van der Waals surface area contributed by atoms with E-state index in [-0.39, 0.29) is 12.0 Å². The van der Waals surface area contributed by atoms with Gasteiger partial charge in [0.05, 0.1) is 30.2 Å². The lowest BCUT2D eigenvalue weighted by atomic mass is 9.52. The Morgan fingerprint density at radius 1 is 1.03 bits per heavy atom. The van der Waals surface area contributed by atoms with E-state index in [1.807, 2.05) is 13.8 Å². The van der Waals surface area contributed by atoms with Crippen LogP contribution in [0.5, 0.6) is 5.75 Å². The number of hydrogen-bond acceptors (Lipinski definition) is 7. The number of nitriles is 3. The van der Waals surface area contributed by atoms with Gasteiger partial charge in [-0.2, -0.15) is 15.8 Å². The van der Waals surface area contributed by atoms with Crippen molar-refractivity contribution in [1.29, 1.82) is 21.2 Å². The fourth-order valence-electron chi connectivity index (χ4n) is 5.51. The molecule has 2 saturated heterocycles. The molecular formula is C24H26N4O3. The van der Waals surface area contributed by atoms with Gasteiger partial charge in [0, 0.05) is 6.42 Å². The van der Waals surface area contributed by atoms with Crippen molar-refractivity contribution in [2.24, 2.45) is 16.7 Å². The third-order valence-electron chi connectivity index (χ3n) is 6.87. The third-order valence-corrected chi connectivity index (χ3v) is 6.87. The van der Waals surface area contributed by atoms with Crippen molar-refractivity contribution in [3.05, 3.63) is 29.8 Å². The zero-order chi connectivity index (χ0) is 22.3. The van der Waals surface area contributed by atoms with Gasteiger partial charge >= 0.3 is 0 Å². The van der Waals surface area contributed by atoms with Crippen LogP contribution in [-0.4, -0.2) is 17.8 Å². The summed E-state index contributed by atoms with van der Waals surface area (Å²) in [6.07, 6.45) is 3.80. The van der Waals surface area contributed by atoms with E-state index in [9.17, 15) is 15.8 Å². The molecule has 4 rings (SSSR count). The molecule has 2 heterocycles. The maximum Gasteiger partial charge on any atom is 0.217 e. The molecule has 1 aromatic rings. The van der Waals surface area contributed by atoms with Crippen molar-refractivity contribution < 1.29 is 14.2 Å². The summed E-state index contributed by atoms with van der Waals surface area (Å²) < 4.78 is 18.2. The molecular weight excluding hydrogens is 392 g/mol. The second-order valence-electron chi connectivity index (χ2n) is 8.93. The Balaban J connectivity index is 1.87. The lowest BCUT2D eigenvalue weighted by molar-refractivity contribution is -0.289. The molecule has 1 saturated carbocycles. The zero-order valence-electron chi connectivity index (χ0n) is 17.9. The van der Waals surface area contributed by atoms with Gasteiger partial charge in [0.1, 0.15) is 11.9 Å². The van der Waals surface area contributed by atoms with Crippen LogP contribution in [0.25, 0.3) is 0 Å². The first-order valence-electron chi connectivity index (χ1n) is 10.9. The number of nitrogens with one attached hydrogen (secondary N) is 1. The van der Waals surface area contributed by atoms with Crippen molar-refractivity contribution in [2.75, 3.05) is 0 Å². The van der Waals surface area contributed by atoms with Gasteiger partial charge in [0.15, 0.2) is 5.41 Å². The molecule has 7 heteroatoms. The van der Waals surface area contributed by atoms with Gasteiger partial charge in [-0.3, -0.25) is 5.41 Å². The lowest BCUT2D eigenvalue weighted by Gasteiger charge is -2.50. The Kier molecular flexibility index (Phi) is 5.16. The molecule has 1 aliphatic carbocycles. The van der Waals surface area contributed by atoms with Crippen LogP contribution in [0.2, 0.25) is 0 Å². The quantitative estimate of drug-likeness (QED) is 0.755. The normalized spacial score (nSPS) is 33.6. The van der Waals surface area contributed by atoms with Crippen LogP contribution in [0.4, 0.5) is 0 Å². The van der Waals surface area contributed by atoms with Crippen molar-refractivity contribution in [3.63, 3.8) is 0 Å². The molecule has 2 bridgehead atoms. The van der Waals surface area contributed by atoms with Gasteiger partial charge in [-0.05, 0) is 44.4 Å². The first kappa shape index (κ1) is 21.2. The Morgan fingerprint density at radius 3 is 2.32 bits per heavy atom. The first-order chi connectivity index (χ1) is 14.9. The third kappa shape index (κ3) is 2.83. The fraction of sp³-hybridized carbons (Fsp3) is 0.583. The molecule has 2 aliphatic heterocycles. The molecule has 4 atom stereocenters. The highest BCUT2D eigenvalue weighted by molar-refractivity contribution is 5.89. The fourth-order valence-corrected chi connectivity index (χ4v) is 5.51. The predicted molar refractivity (Wildman–Crippen MR) is 110 cm³/mol. The van der Waals surface area contributed by atoms with Crippen LogP contribution in [0.1, 0.15) is 64.0 Å². The molecule has 4 unspecified atom stereocenters. The smallest absolute Gasteiger partial charge is 0.217 e. The van der Waals surface area contributed by atoms with Gasteiger partial charge < -0.3 is 14.2 Å². The minimum atomic E-state index is -1.90. The van der Waals surface area contributed by atoms with E-state index in [0.29, 0.717) is 24.2 Å². The van der Waals surface area contributed by atoms with Crippen LogP contribution in [-0.2, 0) is 9.47 Å². The standard InChI is InChI=1S/C24H26N4O3/c1-16(2)29-18-10-8-17(9-11-18)20-22(13-25,14-26)23(15-27)19-7-5-3-4-6-12-24(19,30-20)31-21(23)28/h8-11,16,19-20,28H,3-7,12H2,1-2H3. The first-order valence-corrected chi connectivity index (χ1v) is 10.9. The van der Waals surface area contributed by atoms with Crippen LogP contribution in [0, 0.1) is 56.2 Å². The van der Waals surface area contributed by atoms with E-state index in [2.05, 4.69) is 18.2 Å². The molecule has 3 fully saturated rings. The maximum atomic E-state index is 10.4. The summed E-state index contributed by atoms with van der Waals surface area (Å²) in [5.74, 6) is -1.34. The van der Waals surface area contributed by atoms with Gasteiger partial charge in [-0.15, -0.1) is 0 Å². The number of ether oxygens (including phenoxy) is 3. The largest absolute Gasteiger partial charge is 0.491 e. The monoisotopic (exact) mass is 418 g/mol. The van der Waals surface area contributed by atoms with Crippen LogP contribution in [0.3, 0.4) is 0 Å². The summed E-state index contributed by atoms with van der Waals surface area (Å²) in [4.78, 5) is 0. The zero-order valence-corrected chi connectivity index (χ0v) is 17.9. The topological polar surface area (TPSA) is 123 Å². The minimum absolute atomic E-state index is 0.00948. The molecule has 31 heavy (non-hydrogen) atoms. The lowest BCUT2D eigenvalue weighted by Crippen LogP contribution is -2.59. The molecule has 1 aromatic carbocycles. The molecule has 0 spiro atoms. The highest BCUT2D eigenvalue weighted by atomic mass is 16.7. The van der Waals surface area contributed by atoms with E-state index in [1.54, 1.807) is 24.3 Å². The van der Waals surface area contributed by atoms with E-state index in [0.717, 1.165) is 25.7 Å². The van der Waals surface area contributed by atoms with Gasteiger partial charge in [-0.1, -0.05) is 31.4 Å². The Bertz CT molecular complexity index is 986. The van der Waals surface area contributed by atoms with Gasteiger partial charge in [0.2, 0.25) is 17.1 Å². The Morgan fingerprint density at radius 2 is 1.71 bits per heavy atom. The van der Waals surface area contributed by atoms with Crippen LogP contribution in [0.15, 0.2) is 24.3 Å². The molecule has 0 radical (unpaired) electrons. The van der Waals surface area contributed by atoms with E-state index in [4.69, 9.17) is 19.6 Å². The van der Waals surface area contributed by atoms with Crippen molar-refractivity contribution in [3.8, 4) is 24.0 Å². The maximum absolute atomic E-state index is 10.4. The highest BCUT2D eigenvalue weighted by Crippen LogP contribution is 2.68. The van der Waals surface area contributed by atoms with E-state index >= 15 is 0 Å². The second-order valence-corrected chi connectivity index (χ2v) is 8.93. The van der Waals surface area contributed by atoms with E-state index in [1.165, 1.54) is 0 Å². The van der Waals surface area contributed by atoms with Gasteiger partial charge in [0.25, 0.3) is 0 Å².